The number of nitrogens with two attached hydrogens (primary N) is 1. The predicted octanol–water partition coefficient (Wildman–Crippen LogP) is 0.526. The highest BCUT2D eigenvalue weighted by atomic mass is 15.1. The average molecular weight is 174 g/mol. The van der Waals surface area contributed by atoms with Crippen molar-refractivity contribution < 1.29 is 0 Å². The van der Waals surface area contributed by atoms with Crippen LogP contribution in [0.2, 0.25) is 0 Å². The summed E-state index contributed by atoms with van der Waals surface area (Å²) in [5, 5.41) is 9.74. The zero-order chi connectivity index (χ0) is 9.10. The molecular weight excluding hydrogens is 164 g/mol. The Morgan fingerprint density at radius 2 is 2.08 bits per heavy atom. The maximum Gasteiger partial charge on any atom is 0.0593 e. The molecule has 4 heteroatoms. The Labute approximate surface area is 75.8 Å². The highest BCUT2D eigenvalue weighted by Crippen LogP contribution is 2.13. The zero-order valence-electron chi connectivity index (χ0n) is 7.14. The largest absolute Gasteiger partial charge is 0.330 e. The summed E-state index contributed by atoms with van der Waals surface area (Å²) in [5.74, 6) is 0. The van der Waals surface area contributed by atoms with Gasteiger partial charge >= 0.3 is 0 Å². The fourth-order valence-corrected chi connectivity index (χ4v) is 1.32. The third kappa shape index (κ3) is 1.48. The molecule has 0 aromatic carbocycles. The molecule has 0 aliphatic heterocycles. The molecule has 0 saturated carbocycles. The lowest BCUT2D eigenvalue weighted by molar-refractivity contribution is 0.930. The minimum Gasteiger partial charge on any atom is -0.330 e. The number of fused-ring (bicyclic) bond motifs is 1. The molecule has 13 heavy (non-hydrogen) atoms. The third-order valence-corrected chi connectivity index (χ3v) is 1.94. The van der Waals surface area contributed by atoms with E-state index in [0.29, 0.717) is 6.54 Å². The van der Waals surface area contributed by atoms with Crippen LogP contribution in [0.5, 0.6) is 0 Å². The summed E-state index contributed by atoms with van der Waals surface area (Å²) >= 11 is 0. The topological polar surface area (TPSA) is 64.7 Å². The molecule has 2 heterocycles. The monoisotopic (exact) mass is 174 g/mol. The van der Waals surface area contributed by atoms with Gasteiger partial charge in [-0.1, -0.05) is 0 Å². The highest BCUT2D eigenvalue weighted by Gasteiger charge is 2.00. The summed E-state index contributed by atoms with van der Waals surface area (Å²) < 4.78 is 0. The van der Waals surface area contributed by atoms with Gasteiger partial charge < -0.3 is 5.73 Å². The highest BCUT2D eigenvalue weighted by molar-refractivity contribution is 5.82. The molecule has 0 spiro atoms. The fourth-order valence-electron chi connectivity index (χ4n) is 1.32. The van der Waals surface area contributed by atoms with Crippen molar-refractivity contribution in [1.82, 2.24) is 15.2 Å². The van der Waals surface area contributed by atoms with Gasteiger partial charge in [0.1, 0.15) is 0 Å². The van der Waals surface area contributed by atoms with Crippen LogP contribution in [-0.2, 0) is 6.42 Å². The van der Waals surface area contributed by atoms with Gasteiger partial charge in [0.15, 0.2) is 0 Å². The molecule has 0 unspecified atom stereocenters. The molecule has 0 atom stereocenters. The van der Waals surface area contributed by atoms with E-state index in [1.165, 1.54) is 0 Å². The summed E-state index contributed by atoms with van der Waals surface area (Å²) in [4.78, 5) is 4.25. The first-order valence-electron chi connectivity index (χ1n) is 4.16. The van der Waals surface area contributed by atoms with E-state index in [0.717, 1.165) is 22.9 Å². The molecule has 0 amide bonds. The van der Waals surface area contributed by atoms with Crippen molar-refractivity contribution in [3.63, 3.8) is 0 Å². The van der Waals surface area contributed by atoms with Crippen LogP contribution in [0.4, 0.5) is 0 Å². The van der Waals surface area contributed by atoms with E-state index in [4.69, 9.17) is 5.73 Å². The number of aromatic nitrogens is 3. The van der Waals surface area contributed by atoms with Crippen LogP contribution in [0.3, 0.4) is 0 Å². The lowest BCUT2D eigenvalue weighted by Crippen LogP contribution is -2.04. The van der Waals surface area contributed by atoms with E-state index in [-0.39, 0.29) is 0 Å². The van der Waals surface area contributed by atoms with E-state index in [1.54, 1.807) is 18.6 Å². The van der Waals surface area contributed by atoms with Crippen molar-refractivity contribution in [2.45, 2.75) is 6.42 Å². The first kappa shape index (κ1) is 8.07. The van der Waals surface area contributed by atoms with E-state index >= 15 is 0 Å². The Bertz CT molecular complexity index is 408. The number of rotatable bonds is 2. The SMILES string of the molecule is NCCc1nccc2cnncc12. The van der Waals surface area contributed by atoms with Gasteiger partial charge in [0.2, 0.25) is 0 Å². The van der Waals surface area contributed by atoms with Gasteiger partial charge in [-0.2, -0.15) is 10.2 Å². The van der Waals surface area contributed by atoms with Crippen LogP contribution >= 0.6 is 0 Å². The number of nitrogens with zero attached hydrogens (tertiary/aromatic N) is 3. The quantitative estimate of drug-likeness (QED) is 0.721. The summed E-state index contributed by atoms with van der Waals surface area (Å²) in [6, 6.07) is 1.92. The second-order valence-corrected chi connectivity index (χ2v) is 2.79. The first-order chi connectivity index (χ1) is 6.42. The average Bonchev–Trinajstić information content (AvgIpc) is 2.19. The van der Waals surface area contributed by atoms with E-state index < -0.39 is 0 Å². The lowest BCUT2D eigenvalue weighted by atomic mass is 10.1. The Balaban J connectivity index is 2.61. The molecule has 0 aliphatic carbocycles. The molecule has 2 aromatic heterocycles. The van der Waals surface area contributed by atoms with Gasteiger partial charge in [0.05, 0.1) is 18.1 Å². The van der Waals surface area contributed by atoms with E-state index in [1.807, 2.05) is 6.07 Å². The molecule has 0 radical (unpaired) electrons. The number of hydrogen-bond acceptors (Lipinski definition) is 4. The molecule has 2 aromatic rings. The minimum atomic E-state index is 0.606. The van der Waals surface area contributed by atoms with Crippen LogP contribution in [0.15, 0.2) is 24.7 Å². The maximum atomic E-state index is 5.48. The van der Waals surface area contributed by atoms with Crippen molar-refractivity contribution in [2.75, 3.05) is 6.54 Å². The van der Waals surface area contributed by atoms with Gasteiger partial charge in [-0.25, -0.2) is 0 Å². The standard InChI is InChI=1S/C9H10N4/c10-3-1-9-8-6-13-12-5-7(8)2-4-11-9/h2,4-6H,1,3,10H2. The van der Waals surface area contributed by atoms with Crippen LogP contribution in [-0.4, -0.2) is 21.7 Å². The Morgan fingerprint density at radius 1 is 1.23 bits per heavy atom. The summed E-state index contributed by atoms with van der Waals surface area (Å²) in [7, 11) is 0. The van der Waals surface area contributed by atoms with Gasteiger partial charge in [-0.3, -0.25) is 4.98 Å². The maximum absolute atomic E-state index is 5.48. The molecular formula is C9H10N4. The second-order valence-electron chi connectivity index (χ2n) is 2.79. The summed E-state index contributed by atoms with van der Waals surface area (Å²) in [5.41, 5.74) is 6.47. The normalized spacial score (nSPS) is 10.5. The fraction of sp³-hybridized carbons (Fsp3) is 0.222. The molecule has 0 fully saturated rings. The zero-order valence-corrected chi connectivity index (χ0v) is 7.14. The summed E-state index contributed by atoms with van der Waals surface area (Å²) in [6.45, 7) is 0.606. The van der Waals surface area contributed by atoms with E-state index in [9.17, 15) is 0 Å². The summed E-state index contributed by atoms with van der Waals surface area (Å²) in [6.07, 6.45) is 6.02. The van der Waals surface area contributed by atoms with Crippen molar-refractivity contribution in [3.8, 4) is 0 Å². The Hall–Kier alpha value is -1.55. The lowest BCUT2D eigenvalue weighted by Gasteiger charge is -2.01. The van der Waals surface area contributed by atoms with Gasteiger partial charge in [-0.15, -0.1) is 0 Å². The van der Waals surface area contributed by atoms with Crippen LogP contribution < -0.4 is 5.73 Å². The first-order valence-corrected chi connectivity index (χ1v) is 4.16. The van der Waals surface area contributed by atoms with Crippen molar-refractivity contribution >= 4 is 10.8 Å². The van der Waals surface area contributed by atoms with Crippen molar-refractivity contribution in [2.24, 2.45) is 5.73 Å². The molecule has 0 bridgehead atoms. The second kappa shape index (κ2) is 3.45. The van der Waals surface area contributed by atoms with Crippen LogP contribution in [0, 0.1) is 0 Å². The van der Waals surface area contributed by atoms with Crippen LogP contribution in [0.1, 0.15) is 5.69 Å². The minimum absolute atomic E-state index is 0.606. The Kier molecular flexibility index (Phi) is 2.14. The molecule has 2 N–H and O–H groups in total. The third-order valence-electron chi connectivity index (χ3n) is 1.94. The number of hydrogen-bond donors (Lipinski definition) is 1. The number of pyridine rings is 1. The van der Waals surface area contributed by atoms with Gasteiger partial charge in [0, 0.05) is 23.4 Å². The van der Waals surface area contributed by atoms with E-state index in [2.05, 4.69) is 15.2 Å². The van der Waals surface area contributed by atoms with Gasteiger partial charge in [-0.05, 0) is 12.6 Å². The molecule has 0 saturated heterocycles. The van der Waals surface area contributed by atoms with Crippen molar-refractivity contribution in [3.05, 3.63) is 30.4 Å². The molecule has 4 nitrogen and oxygen atoms in total. The van der Waals surface area contributed by atoms with Crippen molar-refractivity contribution in [1.29, 1.82) is 0 Å². The molecule has 2 rings (SSSR count). The predicted molar refractivity (Wildman–Crippen MR) is 50.1 cm³/mol. The Morgan fingerprint density at radius 3 is 2.92 bits per heavy atom. The smallest absolute Gasteiger partial charge is 0.0593 e. The molecule has 0 aliphatic rings. The van der Waals surface area contributed by atoms with Crippen LogP contribution in [0.25, 0.3) is 10.8 Å². The van der Waals surface area contributed by atoms with Gasteiger partial charge in [0.25, 0.3) is 0 Å². The molecule has 66 valence electrons.